The van der Waals surface area contributed by atoms with Crippen LogP contribution in [0.5, 0.6) is 11.5 Å². The minimum atomic E-state index is -0.270. The third kappa shape index (κ3) is 5.08. The van der Waals surface area contributed by atoms with Gasteiger partial charge >= 0.3 is 0 Å². The molecule has 0 amide bonds. The number of benzene rings is 2. The van der Waals surface area contributed by atoms with Gasteiger partial charge in [0.1, 0.15) is 36.1 Å². The van der Waals surface area contributed by atoms with Crippen LogP contribution < -0.4 is 9.47 Å². The third-order valence-electron chi connectivity index (χ3n) is 4.18. The smallest absolute Gasteiger partial charge is 0.211 e. The molecule has 2 aromatic carbocycles. The summed E-state index contributed by atoms with van der Waals surface area (Å²) in [5.74, 6) is 0.744. The van der Waals surface area contributed by atoms with E-state index in [1.807, 2.05) is 0 Å². The van der Waals surface area contributed by atoms with Gasteiger partial charge in [-0.15, -0.1) is 0 Å². The second-order valence-electron chi connectivity index (χ2n) is 6.31. The summed E-state index contributed by atoms with van der Waals surface area (Å²) >= 11 is 0. The van der Waals surface area contributed by atoms with Crippen LogP contribution in [0.4, 0.5) is 0 Å². The van der Waals surface area contributed by atoms with Crippen LogP contribution in [0, 0.1) is 0 Å². The molecule has 0 spiro atoms. The maximum absolute atomic E-state index is 12.8. The Labute approximate surface area is 175 Å². The zero-order chi connectivity index (χ0) is 21.3. The first-order valence-electron chi connectivity index (χ1n) is 9.36. The van der Waals surface area contributed by atoms with E-state index in [1.54, 1.807) is 78.9 Å². The van der Waals surface area contributed by atoms with Crippen LogP contribution in [0.3, 0.4) is 0 Å². The number of ether oxygens (including phenoxy) is 2. The van der Waals surface area contributed by atoms with E-state index in [9.17, 15) is 9.59 Å². The lowest BCUT2D eigenvalue weighted by Crippen LogP contribution is -2.10. The van der Waals surface area contributed by atoms with Gasteiger partial charge in [-0.25, -0.2) is 4.98 Å². The van der Waals surface area contributed by atoms with Gasteiger partial charge in [-0.3, -0.25) is 9.59 Å². The molecule has 0 bridgehead atoms. The molecule has 1 heterocycles. The molecule has 150 valence electrons. The lowest BCUT2D eigenvalue weighted by molar-refractivity contribution is 0.103. The van der Waals surface area contributed by atoms with E-state index in [4.69, 9.17) is 9.47 Å². The van der Waals surface area contributed by atoms with Crippen molar-refractivity contribution in [2.45, 2.75) is 0 Å². The molecule has 0 atom stereocenters. The number of carbonyl (C=O) groups is 2. The first-order valence-corrected chi connectivity index (χ1v) is 9.36. The second kappa shape index (κ2) is 9.98. The Balaban J connectivity index is 1.76. The zero-order valence-corrected chi connectivity index (χ0v) is 16.4. The first-order chi connectivity index (χ1) is 14.6. The van der Waals surface area contributed by atoms with Crippen molar-refractivity contribution in [1.82, 2.24) is 4.98 Å². The molecule has 5 heteroatoms. The van der Waals surface area contributed by atoms with Crippen LogP contribution in [0.25, 0.3) is 0 Å². The van der Waals surface area contributed by atoms with Crippen molar-refractivity contribution in [1.29, 1.82) is 0 Å². The third-order valence-corrected chi connectivity index (χ3v) is 4.18. The summed E-state index contributed by atoms with van der Waals surface area (Å²) in [6, 6.07) is 18.3. The number of hydrogen-bond donors (Lipinski definition) is 0. The van der Waals surface area contributed by atoms with Crippen molar-refractivity contribution in [2.24, 2.45) is 0 Å². The quantitative estimate of drug-likeness (QED) is 0.366. The van der Waals surface area contributed by atoms with Crippen molar-refractivity contribution in [3.63, 3.8) is 0 Å². The van der Waals surface area contributed by atoms with Crippen molar-refractivity contribution in [3.05, 3.63) is 115 Å². The average Bonchev–Trinajstić information content (AvgIpc) is 2.81. The molecule has 3 rings (SSSR count). The minimum absolute atomic E-state index is 0.201. The number of rotatable bonds is 10. The molecular formula is C25H21NO4. The lowest BCUT2D eigenvalue weighted by atomic mass is 10.0. The van der Waals surface area contributed by atoms with Crippen LogP contribution in [0.15, 0.2) is 92.0 Å². The predicted octanol–water partition coefficient (Wildman–Crippen LogP) is 4.67. The van der Waals surface area contributed by atoms with Gasteiger partial charge in [0, 0.05) is 11.1 Å². The van der Waals surface area contributed by atoms with Gasteiger partial charge in [0.25, 0.3) is 0 Å². The summed E-state index contributed by atoms with van der Waals surface area (Å²) in [5.41, 5.74) is 1.32. The molecule has 0 aliphatic heterocycles. The average molecular weight is 399 g/mol. The van der Waals surface area contributed by atoms with Crippen LogP contribution >= 0.6 is 0 Å². The number of aromatic nitrogens is 1. The number of hydrogen-bond acceptors (Lipinski definition) is 5. The maximum Gasteiger partial charge on any atom is 0.211 e. The number of carbonyl (C=O) groups excluding carboxylic acids is 2. The zero-order valence-electron chi connectivity index (χ0n) is 16.4. The summed E-state index contributed by atoms with van der Waals surface area (Å²) in [7, 11) is 0. The Kier molecular flexibility index (Phi) is 6.90. The van der Waals surface area contributed by atoms with E-state index in [1.165, 1.54) is 0 Å². The molecular weight excluding hydrogens is 378 g/mol. The van der Waals surface area contributed by atoms with Gasteiger partial charge in [-0.2, -0.15) is 0 Å². The summed E-state index contributed by atoms with van der Waals surface area (Å²) in [6.07, 6.45) is 3.29. The molecule has 0 aliphatic rings. The van der Waals surface area contributed by atoms with E-state index in [0.717, 1.165) is 0 Å². The summed E-state index contributed by atoms with van der Waals surface area (Å²) in [5, 5.41) is 0. The maximum atomic E-state index is 12.8. The van der Waals surface area contributed by atoms with E-state index >= 15 is 0 Å². The molecule has 0 radical (unpaired) electrons. The largest absolute Gasteiger partial charge is 0.490 e. The van der Waals surface area contributed by atoms with Crippen LogP contribution in [0.1, 0.15) is 32.1 Å². The molecule has 30 heavy (non-hydrogen) atoms. The standard InChI is InChI=1S/C25H21NO4/c1-3-16-29-20-12-8-18(9-13-20)24(27)22-6-5-7-23(26-22)25(28)19-10-14-21(15-11-19)30-17-4-2/h3-15H,1-2,16-17H2. The highest BCUT2D eigenvalue weighted by atomic mass is 16.5. The minimum Gasteiger partial charge on any atom is -0.490 e. The van der Waals surface area contributed by atoms with Crippen LogP contribution in [-0.2, 0) is 0 Å². The normalized spacial score (nSPS) is 10.1. The lowest BCUT2D eigenvalue weighted by Gasteiger charge is -2.07. The Morgan fingerprint density at radius 2 is 1.10 bits per heavy atom. The van der Waals surface area contributed by atoms with Gasteiger partial charge in [0.15, 0.2) is 0 Å². The Morgan fingerprint density at radius 3 is 1.47 bits per heavy atom. The molecule has 0 fully saturated rings. The summed E-state index contributed by atoms with van der Waals surface area (Å²) in [6.45, 7) is 7.97. The number of ketones is 2. The van der Waals surface area contributed by atoms with Gasteiger partial charge in [0.05, 0.1) is 0 Å². The van der Waals surface area contributed by atoms with Crippen molar-refractivity contribution < 1.29 is 19.1 Å². The fourth-order valence-corrected chi connectivity index (χ4v) is 2.70. The van der Waals surface area contributed by atoms with Crippen molar-refractivity contribution in [2.75, 3.05) is 13.2 Å². The Bertz CT molecular complexity index is 971. The molecule has 0 aliphatic carbocycles. The monoisotopic (exact) mass is 399 g/mol. The number of nitrogens with zero attached hydrogens (tertiary/aromatic N) is 1. The van der Waals surface area contributed by atoms with Gasteiger partial charge in [-0.1, -0.05) is 31.4 Å². The molecule has 5 nitrogen and oxygen atoms in total. The van der Waals surface area contributed by atoms with Gasteiger partial charge in [-0.05, 0) is 60.7 Å². The molecule has 0 unspecified atom stereocenters. The first kappa shape index (κ1) is 20.7. The molecule has 0 saturated carbocycles. The van der Waals surface area contributed by atoms with Crippen LogP contribution in [-0.4, -0.2) is 29.8 Å². The van der Waals surface area contributed by atoms with E-state index in [2.05, 4.69) is 18.1 Å². The van der Waals surface area contributed by atoms with E-state index in [-0.39, 0.29) is 23.0 Å². The highest BCUT2D eigenvalue weighted by Crippen LogP contribution is 2.17. The molecule has 0 N–H and O–H groups in total. The second-order valence-corrected chi connectivity index (χ2v) is 6.31. The van der Waals surface area contributed by atoms with E-state index < -0.39 is 0 Å². The fraction of sp³-hybridized carbons (Fsp3) is 0.0800. The van der Waals surface area contributed by atoms with Crippen molar-refractivity contribution >= 4 is 11.6 Å². The van der Waals surface area contributed by atoms with Gasteiger partial charge < -0.3 is 9.47 Å². The fourth-order valence-electron chi connectivity index (χ4n) is 2.70. The van der Waals surface area contributed by atoms with Crippen LogP contribution in [0.2, 0.25) is 0 Å². The van der Waals surface area contributed by atoms with E-state index in [0.29, 0.717) is 35.8 Å². The summed E-state index contributed by atoms with van der Waals surface area (Å²) in [4.78, 5) is 29.8. The van der Waals surface area contributed by atoms with Gasteiger partial charge in [0.2, 0.25) is 11.6 Å². The summed E-state index contributed by atoms with van der Waals surface area (Å²) < 4.78 is 10.8. The molecule has 1 aromatic heterocycles. The van der Waals surface area contributed by atoms with Crippen molar-refractivity contribution in [3.8, 4) is 11.5 Å². The SMILES string of the molecule is C=CCOc1ccc(C(=O)c2cccc(C(=O)c3ccc(OCC=C)cc3)n2)cc1. The Morgan fingerprint density at radius 1 is 0.700 bits per heavy atom. The molecule has 3 aromatic rings. The molecule has 0 saturated heterocycles. The number of pyridine rings is 1. The highest BCUT2D eigenvalue weighted by Gasteiger charge is 2.15. The highest BCUT2D eigenvalue weighted by molar-refractivity contribution is 6.10. The predicted molar refractivity (Wildman–Crippen MR) is 115 cm³/mol. The topological polar surface area (TPSA) is 65.5 Å². The Hall–Kier alpha value is -3.99.